The van der Waals surface area contributed by atoms with E-state index in [-0.39, 0.29) is 0 Å². The number of halogens is 1. The van der Waals surface area contributed by atoms with Crippen LogP contribution < -0.4 is 14.8 Å². The summed E-state index contributed by atoms with van der Waals surface area (Å²) in [6, 6.07) is 4.54. The molecule has 0 saturated carbocycles. The van der Waals surface area contributed by atoms with E-state index in [0.29, 0.717) is 12.8 Å². The lowest BCUT2D eigenvalue weighted by atomic mass is 9.99. The van der Waals surface area contributed by atoms with Crippen LogP contribution in [0.2, 0.25) is 0 Å². The topological polar surface area (TPSA) is 33.7 Å². The van der Waals surface area contributed by atoms with E-state index in [2.05, 4.69) is 38.8 Å². The number of benzene rings is 1. The first-order chi connectivity index (χ1) is 10.3. The van der Waals surface area contributed by atoms with Gasteiger partial charge in [0.2, 0.25) is 6.79 Å². The second kappa shape index (κ2) is 6.81. The molecule has 0 amide bonds. The Morgan fingerprint density at radius 2 is 2.00 bits per heavy atom. The van der Waals surface area contributed by atoms with E-state index >= 15 is 0 Å². The molecule has 0 bridgehead atoms. The number of hydrogen-bond donors (Lipinski definition) is 1. The monoisotopic (exact) mass is 352 g/mol. The minimum atomic E-state index is 0.316. The largest absolute Gasteiger partial charge is 0.454 e. The molecule has 1 saturated heterocycles. The molecule has 2 aliphatic rings. The maximum Gasteiger partial charge on any atom is 0.231 e. The summed E-state index contributed by atoms with van der Waals surface area (Å²) >= 11 is 3.71. The average molecular weight is 353 g/mol. The van der Waals surface area contributed by atoms with Crippen molar-refractivity contribution in [2.75, 3.05) is 33.0 Å². The molecular formula is C16H21BrN2O2. The number of nitrogens with one attached hydrogen (secondary N) is 1. The Kier molecular flexibility index (Phi) is 4.83. The van der Waals surface area contributed by atoms with Gasteiger partial charge in [-0.2, -0.15) is 0 Å². The Labute approximate surface area is 134 Å². The standard InChI is InChI=1S/C16H21BrN2O2/c1-2-3-4-14(19-7-5-18-6-8-19)12-9-15-16(10-13(12)17)21-11-20-15/h2,9-10,14,18H,1,3-8,11H2/t14-/m1/s1. The Morgan fingerprint density at radius 3 is 2.71 bits per heavy atom. The zero-order valence-electron chi connectivity index (χ0n) is 12.1. The van der Waals surface area contributed by atoms with E-state index in [9.17, 15) is 0 Å². The zero-order valence-corrected chi connectivity index (χ0v) is 13.7. The molecule has 1 fully saturated rings. The number of hydrogen-bond acceptors (Lipinski definition) is 4. The third kappa shape index (κ3) is 3.25. The van der Waals surface area contributed by atoms with Gasteiger partial charge in [-0.15, -0.1) is 6.58 Å². The predicted molar refractivity (Wildman–Crippen MR) is 86.9 cm³/mol. The summed E-state index contributed by atoms with van der Waals surface area (Å²) in [4.78, 5) is 2.54. The molecule has 0 aliphatic carbocycles. The van der Waals surface area contributed by atoms with Crippen molar-refractivity contribution < 1.29 is 9.47 Å². The van der Waals surface area contributed by atoms with E-state index < -0.39 is 0 Å². The minimum absolute atomic E-state index is 0.316. The molecule has 114 valence electrons. The van der Waals surface area contributed by atoms with E-state index in [1.165, 1.54) is 5.56 Å². The van der Waals surface area contributed by atoms with Gasteiger partial charge in [-0.05, 0) is 30.5 Å². The third-order valence-corrected chi connectivity index (χ3v) is 4.77. The highest BCUT2D eigenvalue weighted by atomic mass is 79.9. The molecule has 1 N–H and O–H groups in total. The summed E-state index contributed by atoms with van der Waals surface area (Å²) in [5.74, 6) is 1.68. The minimum Gasteiger partial charge on any atom is -0.454 e. The Balaban J connectivity index is 1.89. The fourth-order valence-electron chi connectivity index (χ4n) is 2.99. The summed E-state index contributed by atoms with van der Waals surface area (Å²) < 4.78 is 12.1. The molecule has 2 aliphatic heterocycles. The first-order valence-electron chi connectivity index (χ1n) is 7.44. The van der Waals surface area contributed by atoms with Gasteiger partial charge in [0, 0.05) is 36.7 Å². The second-order valence-electron chi connectivity index (χ2n) is 5.39. The van der Waals surface area contributed by atoms with Gasteiger partial charge in [-0.25, -0.2) is 0 Å². The fourth-order valence-corrected chi connectivity index (χ4v) is 3.58. The summed E-state index contributed by atoms with van der Waals surface area (Å²) in [5, 5.41) is 3.42. The predicted octanol–water partition coefficient (Wildman–Crippen LogP) is 3.09. The molecule has 1 atom stereocenters. The molecule has 1 aromatic carbocycles. The van der Waals surface area contributed by atoms with E-state index in [1.54, 1.807) is 0 Å². The molecule has 3 rings (SSSR count). The zero-order chi connectivity index (χ0) is 14.7. The van der Waals surface area contributed by atoms with Crippen LogP contribution in [0.25, 0.3) is 0 Å². The number of allylic oxidation sites excluding steroid dienone is 1. The van der Waals surface area contributed by atoms with Gasteiger partial charge in [-0.1, -0.05) is 22.0 Å². The lowest BCUT2D eigenvalue weighted by molar-refractivity contribution is 0.164. The molecule has 2 heterocycles. The van der Waals surface area contributed by atoms with Gasteiger partial charge < -0.3 is 14.8 Å². The van der Waals surface area contributed by atoms with Crippen LogP contribution in [0.3, 0.4) is 0 Å². The van der Waals surface area contributed by atoms with Gasteiger partial charge in [0.1, 0.15) is 0 Å². The Bertz CT molecular complexity index is 515. The Hall–Kier alpha value is -1.04. The van der Waals surface area contributed by atoms with Crippen LogP contribution in [0.15, 0.2) is 29.3 Å². The first-order valence-corrected chi connectivity index (χ1v) is 8.23. The molecule has 1 aromatic rings. The van der Waals surface area contributed by atoms with Gasteiger partial charge in [0.25, 0.3) is 0 Å². The van der Waals surface area contributed by atoms with Crippen LogP contribution in [-0.2, 0) is 0 Å². The van der Waals surface area contributed by atoms with E-state index in [1.807, 2.05) is 12.1 Å². The molecule has 5 heteroatoms. The molecule has 0 spiro atoms. The van der Waals surface area contributed by atoms with Crippen LogP contribution >= 0.6 is 15.9 Å². The molecule has 4 nitrogen and oxygen atoms in total. The number of ether oxygens (including phenoxy) is 2. The van der Waals surface area contributed by atoms with E-state index in [4.69, 9.17) is 9.47 Å². The van der Waals surface area contributed by atoms with Gasteiger partial charge >= 0.3 is 0 Å². The van der Waals surface area contributed by atoms with Gasteiger partial charge in [0.05, 0.1) is 0 Å². The molecular weight excluding hydrogens is 332 g/mol. The van der Waals surface area contributed by atoms with Crippen LogP contribution in [0.5, 0.6) is 11.5 Å². The van der Waals surface area contributed by atoms with Crippen molar-refractivity contribution >= 4 is 15.9 Å². The number of fused-ring (bicyclic) bond motifs is 1. The fraction of sp³-hybridized carbons (Fsp3) is 0.500. The van der Waals surface area contributed by atoms with Crippen molar-refractivity contribution in [3.8, 4) is 11.5 Å². The summed E-state index contributed by atoms with van der Waals surface area (Å²) in [7, 11) is 0. The number of nitrogens with zero attached hydrogens (tertiary/aromatic N) is 1. The summed E-state index contributed by atoms with van der Waals surface area (Å²) in [6.07, 6.45) is 4.08. The Morgan fingerprint density at radius 1 is 1.29 bits per heavy atom. The molecule has 0 aromatic heterocycles. The molecule has 0 radical (unpaired) electrons. The van der Waals surface area contributed by atoms with E-state index in [0.717, 1.165) is 55.0 Å². The highest BCUT2D eigenvalue weighted by Crippen LogP contribution is 2.41. The van der Waals surface area contributed by atoms with Gasteiger partial charge in [0.15, 0.2) is 11.5 Å². The smallest absolute Gasteiger partial charge is 0.231 e. The lowest BCUT2D eigenvalue weighted by Crippen LogP contribution is -2.45. The highest BCUT2D eigenvalue weighted by molar-refractivity contribution is 9.10. The van der Waals surface area contributed by atoms with Crippen molar-refractivity contribution in [2.24, 2.45) is 0 Å². The van der Waals surface area contributed by atoms with Crippen molar-refractivity contribution in [1.82, 2.24) is 10.2 Å². The third-order valence-electron chi connectivity index (χ3n) is 4.09. The first kappa shape index (κ1) is 14.9. The number of piperazine rings is 1. The van der Waals surface area contributed by atoms with Gasteiger partial charge in [-0.3, -0.25) is 4.90 Å². The van der Waals surface area contributed by atoms with Crippen LogP contribution in [0.1, 0.15) is 24.4 Å². The van der Waals surface area contributed by atoms with Crippen molar-refractivity contribution in [2.45, 2.75) is 18.9 Å². The molecule has 0 unspecified atom stereocenters. The summed E-state index contributed by atoms with van der Waals surface area (Å²) in [6.45, 7) is 8.42. The van der Waals surface area contributed by atoms with Crippen molar-refractivity contribution in [3.63, 3.8) is 0 Å². The maximum absolute atomic E-state index is 5.54. The molecule has 21 heavy (non-hydrogen) atoms. The summed E-state index contributed by atoms with van der Waals surface area (Å²) in [5.41, 5.74) is 1.28. The number of rotatable bonds is 5. The SMILES string of the molecule is C=CCC[C@H](c1cc2c(cc1Br)OCO2)N1CCNCC1. The van der Waals surface area contributed by atoms with Crippen LogP contribution in [-0.4, -0.2) is 37.9 Å². The van der Waals surface area contributed by atoms with Crippen LogP contribution in [0, 0.1) is 0 Å². The van der Waals surface area contributed by atoms with Crippen molar-refractivity contribution in [1.29, 1.82) is 0 Å². The second-order valence-corrected chi connectivity index (χ2v) is 6.25. The van der Waals surface area contributed by atoms with Crippen molar-refractivity contribution in [3.05, 3.63) is 34.8 Å². The average Bonchev–Trinajstić information content (AvgIpc) is 2.96. The maximum atomic E-state index is 5.54. The quantitative estimate of drug-likeness (QED) is 0.825. The highest BCUT2D eigenvalue weighted by Gasteiger charge is 2.26. The lowest BCUT2D eigenvalue weighted by Gasteiger charge is -2.35. The van der Waals surface area contributed by atoms with Crippen LogP contribution in [0.4, 0.5) is 0 Å². The normalized spacial score (nSPS) is 19.5.